The molecule has 3 aliphatic rings. The third-order valence-electron chi connectivity index (χ3n) is 3.31. The minimum absolute atomic E-state index is 0.185. The number of ether oxygens (including phenoxy) is 2. The van der Waals surface area contributed by atoms with Crippen LogP contribution in [-0.2, 0) is 28.7 Å². The highest BCUT2D eigenvalue weighted by atomic mass is 16.6. The van der Waals surface area contributed by atoms with E-state index in [9.17, 15) is 19.2 Å². The highest BCUT2D eigenvalue weighted by molar-refractivity contribution is 6.05. The average Bonchev–Trinajstić information content (AvgIpc) is 2.72. The van der Waals surface area contributed by atoms with Crippen LogP contribution in [0.25, 0.3) is 0 Å². The van der Waals surface area contributed by atoms with Crippen LogP contribution < -0.4 is 0 Å². The summed E-state index contributed by atoms with van der Waals surface area (Å²) in [5, 5.41) is 0. The van der Waals surface area contributed by atoms with Gasteiger partial charge in [0.1, 0.15) is 0 Å². The molecular formula is C9H6O6. The molecule has 3 rings (SSSR count). The lowest BCUT2D eigenvalue weighted by Crippen LogP contribution is -2.24. The molecule has 0 bridgehead atoms. The van der Waals surface area contributed by atoms with Crippen molar-refractivity contribution in [2.75, 3.05) is 0 Å². The van der Waals surface area contributed by atoms with Crippen molar-refractivity contribution in [3.63, 3.8) is 0 Å². The third kappa shape index (κ3) is 0.886. The molecule has 0 spiro atoms. The smallest absolute Gasteiger partial charge is 0.318 e. The second-order valence-electron chi connectivity index (χ2n) is 3.98. The monoisotopic (exact) mass is 210 g/mol. The summed E-state index contributed by atoms with van der Waals surface area (Å²) in [4.78, 5) is 45.0. The Morgan fingerprint density at radius 1 is 0.733 bits per heavy atom. The quantitative estimate of drug-likeness (QED) is 0.377. The Morgan fingerprint density at radius 3 is 1.53 bits per heavy atom. The Morgan fingerprint density at radius 2 is 1.13 bits per heavy atom. The molecule has 0 unspecified atom stereocenters. The number of carbonyl (C=O) groups excluding carboxylic acids is 4. The highest BCUT2D eigenvalue weighted by Gasteiger charge is 2.64. The normalized spacial score (nSPS) is 42.7. The highest BCUT2D eigenvalue weighted by Crippen LogP contribution is 2.49. The van der Waals surface area contributed by atoms with Gasteiger partial charge in [0.15, 0.2) is 0 Å². The van der Waals surface area contributed by atoms with Gasteiger partial charge in [0, 0.05) is 0 Å². The molecule has 0 aromatic rings. The van der Waals surface area contributed by atoms with Crippen molar-refractivity contribution in [3.05, 3.63) is 0 Å². The summed E-state index contributed by atoms with van der Waals surface area (Å²) < 4.78 is 8.85. The SMILES string of the molecule is O=C1OC(=O)[C@@H]2C[C@H]3C(=O)OC(=O)[C@H]3[C@@H]12. The van der Waals surface area contributed by atoms with Crippen molar-refractivity contribution >= 4 is 23.9 Å². The van der Waals surface area contributed by atoms with Gasteiger partial charge in [-0.1, -0.05) is 0 Å². The zero-order valence-electron chi connectivity index (χ0n) is 7.47. The summed E-state index contributed by atoms with van der Waals surface area (Å²) in [5.41, 5.74) is 0. The second kappa shape index (κ2) is 2.44. The first kappa shape index (κ1) is 8.58. The lowest BCUT2D eigenvalue weighted by Gasteiger charge is -2.06. The molecule has 6 nitrogen and oxygen atoms in total. The fourth-order valence-electron chi connectivity index (χ4n) is 2.66. The van der Waals surface area contributed by atoms with Gasteiger partial charge in [-0.15, -0.1) is 0 Å². The minimum Gasteiger partial charge on any atom is -0.393 e. The lowest BCUT2D eigenvalue weighted by atomic mass is 9.90. The summed E-state index contributed by atoms with van der Waals surface area (Å²) >= 11 is 0. The zero-order chi connectivity index (χ0) is 10.7. The van der Waals surface area contributed by atoms with E-state index in [1.807, 2.05) is 0 Å². The molecule has 2 aliphatic heterocycles. The van der Waals surface area contributed by atoms with E-state index in [0.29, 0.717) is 0 Å². The summed E-state index contributed by atoms with van der Waals surface area (Å²) in [6.45, 7) is 0. The van der Waals surface area contributed by atoms with Gasteiger partial charge in [-0.3, -0.25) is 19.2 Å². The van der Waals surface area contributed by atoms with Crippen LogP contribution >= 0.6 is 0 Å². The Hall–Kier alpha value is -1.72. The zero-order valence-corrected chi connectivity index (χ0v) is 7.47. The standard InChI is InChI=1S/C9H6O6/c10-6-2-1-3-5(4(2)8(12)14-6)9(13)15-7(3)11/h2-5H,1H2/t2-,3-,4-,5+/m1/s1. The van der Waals surface area contributed by atoms with Gasteiger partial charge in [0.25, 0.3) is 0 Å². The minimum atomic E-state index is -0.804. The Balaban J connectivity index is 2.03. The number of esters is 4. The fraction of sp³-hybridized carbons (Fsp3) is 0.556. The first-order valence-electron chi connectivity index (χ1n) is 4.60. The van der Waals surface area contributed by atoms with Gasteiger partial charge in [-0.25, -0.2) is 0 Å². The van der Waals surface area contributed by atoms with Crippen molar-refractivity contribution in [2.24, 2.45) is 23.7 Å². The maximum Gasteiger partial charge on any atom is 0.318 e. The van der Waals surface area contributed by atoms with Crippen molar-refractivity contribution in [1.29, 1.82) is 0 Å². The number of fused-ring (bicyclic) bond motifs is 3. The van der Waals surface area contributed by atoms with Crippen molar-refractivity contribution in [3.8, 4) is 0 Å². The van der Waals surface area contributed by atoms with E-state index >= 15 is 0 Å². The van der Waals surface area contributed by atoms with Gasteiger partial charge < -0.3 is 9.47 Å². The molecule has 3 fully saturated rings. The molecule has 0 N–H and O–H groups in total. The third-order valence-corrected chi connectivity index (χ3v) is 3.31. The van der Waals surface area contributed by atoms with E-state index in [2.05, 4.69) is 9.47 Å². The largest absolute Gasteiger partial charge is 0.393 e. The van der Waals surface area contributed by atoms with Crippen LogP contribution in [0.1, 0.15) is 6.42 Å². The summed E-state index contributed by atoms with van der Waals surface area (Å²) in [7, 11) is 0. The number of carbonyl (C=O) groups is 4. The molecule has 1 aliphatic carbocycles. The molecule has 0 aromatic heterocycles. The van der Waals surface area contributed by atoms with Gasteiger partial charge >= 0.3 is 23.9 Å². The Bertz CT molecular complexity index is 373. The van der Waals surface area contributed by atoms with Crippen LogP contribution in [0.4, 0.5) is 0 Å². The van der Waals surface area contributed by atoms with Crippen LogP contribution in [0, 0.1) is 23.7 Å². The molecule has 2 heterocycles. The molecule has 1 saturated carbocycles. The van der Waals surface area contributed by atoms with Gasteiger partial charge in [-0.05, 0) is 6.42 Å². The van der Waals surface area contributed by atoms with Crippen LogP contribution in [0.5, 0.6) is 0 Å². The number of hydrogen-bond acceptors (Lipinski definition) is 6. The molecule has 0 aromatic carbocycles. The van der Waals surface area contributed by atoms with E-state index in [-0.39, 0.29) is 6.42 Å². The lowest BCUT2D eigenvalue weighted by molar-refractivity contribution is -0.158. The van der Waals surface area contributed by atoms with Gasteiger partial charge in [-0.2, -0.15) is 0 Å². The Kier molecular flexibility index (Phi) is 1.40. The van der Waals surface area contributed by atoms with Crippen LogP contribution in [0.3, 0.4) is 0 Å². The van der Waals surface area contributed by atoms with E-state index in [4.69, 9.17) is 0 Å². The second-order valence-corrected chi connectivity index (χ2v) is 3.98. The van der Waals surface area contributed by atoms with E-state index in [1.165, 1.54) is 0 Å². The number of rotatable bonds is 0. The molecule has 4 atom stereocenters. The van der Waals surface area contributed by atoms with Crippen molar-refractivity contribution < 1.29 is 28.7 Å². The maximum absolute atomic E-state index is 11.3. The molecular weight excluding hydrogens is 204 g/mol. The van der Waals surface area contributed by atoms with Crippen molar-refractivity contribution in [1.82, 2.24) is 0 Å². The fourth-order valence-corrected chi connectivity index (χ4v) is 2.66. The molecule has 2 saturated heterocycles. The number of hydrogen-bond donors (Lipinski definition) is 0. The van der Waals surface area contributed by atoms with Crippen LogP contribution in [0.2, 0.25) is 0 Å². The van der Waals surface area contributed by atoms with Crippen LogP contribution in [-0.4, -0.2) is 23.9 Å². The summed E-state index contributed by atoms with van der Waals surface area (Å²) in [6, 6.07) is 0. The van der Waals surface area contributed by atoms with E-state index < -0.39 is 47.5 Å². The first-order chi connectivity index (χ1) is 7.09. The van der Waals surface area contributed by atoms with Gasteiger partial charge in [0.2, 0.25) is 0 Å². The molecule has 0 radical (unpaired) electrons. The van der Waals surface area contributed by atoms with Crippen molar-refractivity contribution in [2.45, 2.75) is 6.42 Å². The number of cyclic esters (lactones) is 4. The average molecular weight is 210 g/mol. The molecule has 78 valence electrons. The van der Waals surface area contributed by atoms with E-state index in [1.54, 1.807) is 0 Å². The predicted molar refractivity (Wildman–Crippen MR) is 40.8 cm³/mol. The predicted octanol–water partition coefficient (Wildman–Crippen LogP) is -0.978. The first-order valence-corrected chi connectivity index (χ1v) is 4.60. The molecule has 6 heteroatoms. The summed E-state index contributed by atoms with van der Waals surface area (Å²) in [6.07, 6.45) is 0.185. The summed E-state index contributed by atoms with van der Waals surface area (Å²) in [5.74, 6) is -5.54. The van der Waals surface area contributed by atoms with Gasteiger partial charge in [0.05, 0.1) is 23.7 Å². The maximum atomic E-state index is 11.3. The topological polar surface area (TPSA) is 86.7 Å². The van der Waals surface area contributed by atoms with E-state index in [0.717, 1.165) is 0 Å². The van der Waals surface area contributed by atoms with Crippen LogP contribution in [0.15, 0.2) is 0 Å². The molecule has 0 amide bonds. The Labute approximate surface area is 83.5 Å². The molecule has 15 heavy (non-hydrogen) atoms.